The van der Waals surface area contributed by atoms with E-state index in [0.717, 1.165) is 18.7 Å². The molecule has 1 aromatic carbocycles. The van der Waals surface area contributed by atoms with E-state index in [-0.39, 0.29) is 23.9 Å². The van der Waals surface area contributed by atoms with Crippen molar-refractivity contribution in [1.29, 1.82) is 0 Å². The molecule has 98 valence electrons. The Labute approximate surface area is 106 Å². The van der Waals surface area contributed by atoms with Crippen LogP contribution in [0.15, 0.2) is 18.2 Å². The van der Waals surface area contributed by atoms with Gasteiger partial charge in [0.25, 0.3) is 0 Å². The van der Waals surface area contributed by atoms with Gasteiger partial charge in [-0.1, -0.05) is 0 Å². The van der Waals surface area contributed by atoms with Crippen molar-refractivity contribution in [3.8, 4) is 5.75 Å². The van der Waals surface area contributed by atoms with Crippen molar-refractivity contribution in [3.63, 3.8) is 0 Å². The van der Waals surface area contributed by atoms with Crippen molar-refractivity contribution in [2.75, 3.05) is 25.0 Å². The molecule has 1 amide bonds. The molecule has 1 aliphatic heterocycles. The lowest BCUT2D eigenvalue weighted by atomic mass is 10.0. The average molecular weight is 250 g/mol. The zero-order valence-corrected chi connectivity index (χ0v) is 10.6. The maximum atomic E-state index is 11.7. The number of carbonyl (C=O) groups is 1. The molecule has 0 unspecified atom stereocenters. The number of amides is 1. The van der Waals surface area contributed by atoms with Crippen LogP contribution in [0.3, 0.4) is 0 Å². The van der Waals surface area contributed by atoms with E-state index in [0.29, 0.717) is 5.69 Å². The largest absolute Gasteiger partial charge is 0.508 e. The second kappa shape index (κ2) is 4.96. The Bertz CT molecular complexity index is 456. The summed E-state index contributed by atoms with van der Waals surface area (Å²) in [6.07, 6.45) is 0. The lowest BCUT2D eigenvalue weighted by molar-refractivity contribution is -0.130. The van der Waals surface area contributed by atoms with E-state index < -0.39 is 0 Å². The Hall–Kier alpha value is -1.59. The molecule has 0 radical (unpaired) electrons. The first-order chi connectivity index (χ1) is 8.48. The van der Waals surface area contributed by atoms with Crippen LogP contribution in [0.2, 0.25) is 0 Å². The molecular weight excluding hydrogens is 232 g/mol. The van der Waals surface area contributed by atoms with Gasteiger partial charge in [-0.05, 0) is 37.6 Å². The molecule has 1 heterocycles. The van der Waals surface area contributed by atoms with Crippen molar-refractivity contribution < 1.29 is 14.6 Å². The van der Waals surface area contributed by atoms with Crippen LogP contribution in [0.4, 0.5) is 5.69 Å². The molecule has 3 N–H and O–H groups in total. The highest BCUT2D eigenvalue weighted by Crippen LogP contribution is 2.20. The molecule has 0 spiro atoms. The van der Waals surface area contributed by atoms with Crippen LogP contribution in [0.25, 0.3) is 0 Å². The summed E-state index contributed by atoms with van der Waals surface area (Å²) in [4.78, 5) is 11.7. The fraction of sp³-hybridized carbons (Fsp3) is 0.462. The molecule has 0 saturated carbocycles. The van der Waals surface area contributed by atoms with Gasteiger partial charge in [-0.2, -0.15) is 0 Å². The predicted octanol–water partition coefficient (Wildman–Crippen LogP) is 1.02. The van der Waals surface area contributed by atoms with Crippen LogP contribution < -0.4 is 10.6 Å². The first-order valence-electron chi connectivity index (χ1n) is 5.93. The number of anilines is 1. The minimum atomic E-state index is -0.220. The van der Waals surface area contributed by atoms with Crippen molar-refractivity contribution in [2.45, 2.75) is 19.4 Å². The van der Waals surface area contributed by atoms with Crippen LogP contribution >= 0.6 is 0 Å². The van der Waals surface area contributed by atoms with Gasteiger partial charge in [0.15, 0.2) is 0 Å². The Morgan fingerprint density at radius 1 is 1.56 bits per heavy atom. The van der Waals surface area contributed by atoms with Crippen molar-refractivity contribution in [3.05, 3.63) is 23.8 Å². The van der Waals surface area contributed by atoms with Gasteiger partial charge in [0.05, 0.1) is 5.60 Å². The minimum Gasteiger partial charge on any atom is -0.508 e. The third-order valence-electron chi connectivity index (χ3n) is 3.03. The number of phenolic OH excluding ortho intramolecular Hbond substituents is 1. The molecule has 0 bridgehead atoms. The number of aryl methyl sites for hydroxylation is 1. The highest BCUT2D eigenvalue weighted by atomic mass is 16.5. The molecule has 1 saturated heterocycles. The summed E-state index contributed by atoms with van der Waals surface area (Å²) in [6, 6.07) is 4.94. The van der Waals surface area contributed by atoms with Gasteiger partial charge in [-0.25, -0.2) is 0 Å². The number of nitrogens with one attached hydrogen (secondary N) is 2. The molecule has 5 heteroatoms. The number of benzene rings is 1. The monoisotopic (exact) mass is 250 g/mol. The molecular formula is C13H18N2O3. The Balaban J connectivity index is 1.85. The Kier molecular flexibility index (Phi) is 3.54. The standard InChI is InChI=1S/C13H18N2O3/c1-9-5-10(3-4-11(9)16)15-12(17)6-18-13(2)7-14-8-13/h3-5,14,16H,6-8H2,1-2H3,(H,15,17). The van der Waals surface area contributed by atoms with Crippen molar-refractivity contribution in [1.82, 2.24) is 5.32 Å². The summed E-state index contributed by atoms with van der Waals surface area (Å²) in [5.74, 6) is 0.0329. The molecule has 1 fully saturated rings. The van der Waals surface area contributed by atoms with Crippen molar-refractivity contribution >= 4 is 11.6 Å². The van der Waals surface area contributed by atoms with E-state index in [9.17, 15) is 9.90 Å². The van der Waals surface area contributed by atoms with Gasteiger partial charge in [0, 0.05) is 18.8 Å². The second-order valence-electron chi connectivity index (χ2n) is 4.89. The fourth-order valence-electron chi connectivity index (χ4n) is 1.75. The van der Waals surface area contributed by atoms with Gasteiger partial charge in [0.1, 0.15) is 12.4 Å². The topological polar surface area (TPSA) is 70.6 Å². The molecule has 5 nitrogen and oxygen atoms in total. The third kappa shape index (κ3) is 3.00. The fourth-order valence-corrected chi connectivity index (χ4v) is 1.75. The Morgan fingerprint density at radius 3 is 2.83 bits per heavy atom. The molecule has 18 heavy (non-hydrogen) atoms. The van der Waals surface area contributed by atoms with Gasteiger partial charge in [-0.3, -0.25) is 4.79 Å². The Morgan fingerprint density at radius 2 is 2.28 bits per heavy atom. The summed E-state index contributed by atoms with van der Waals surface area (Å²) in [6.45, 7) is 5.35. The van der Waals surface area contributed by atoms with E-state index >= 15 is 0 Å². The number of rotatable bonds is 4. The number of hydrogen-bond acceptors (Lipinski definition) is 4. The van der Waals surface area contributed by atoms with E-state index in [1.807, 2.05) is 6.92 Å². The summed E-state index contributed by atoms with van der Waals surface area (Å²) in [7, 11) is 0. The van der Waals surface area contributed by atoms with E-state index in [1.165, 1.54) is 0 Å². The maximum absolute atomic E-state index is 11.7. The first kappa shape index (κ1) is 12.9. The van der Waals surface area contributed by atoms with Crippen molar-refractivity contribution in [2.24, 2.45) is 0 Å². The lowest BCUT2D eigenvalue weighted by Crippen LogP contribution is -2.59. The maximum Gasteiger partial charge on any atom is 0.250 e. The van der Waals surface area contributed by atoms with Gasteiger partial charge < -0.3 is 20.5 Å². The van der Waals surface area contributed by atoms with Crippen LogP contribution in [-0.4, -0.2) is 36.3 Å². The quantitative estimate of drug-likeness (QED) is 0.698. The number of phenols is 1. The molecule has 0 aromatic heterocycles. The summed E-state index contributed by atoms with van der Waals surface area (Å²) < 4.78 is 5.53. The zero-order chi connectivity index (χ0) is 13.2. The molecule has 1 aliphatic rings. The normalized spacial score (nSPS) is 17.0. The van der Waals surface area contributed by atoms with Crippen LogP contribution in [0.5, 0.6) is 5.75 Å². The van der Waals surface area contributed by atoms with Crippen LogP contribution in [0.1, 0.15) is 12.5 Å². The van der Waals surface area contributed by atoms with Gasteiger partial charge in [0.2, 0.25) is 5.91 Å². The highest BCUT2D eigenvalue weighted by molar-refractivity contribution is 5.91. The number of hydrogen-bond donors (Lipinski definition) is 3. The number of ether oxygens (including phenoxy) is 1. The van der Waals surface area contributed by atoms with Crippen LogP contribution in [0, 0.1) is 6.92 Å². The summed E-state index contributed by atoms with van der Waals surface area (Å²) in [5, 5.41) is 15.2. The molecule has 0 atom stereocenters. The third-order valence-corrected chi connectivity index (χ3v) is 3.03. The van der Waals surface area contributed by atoms with E-state index in [1.54, 1.807) is 25.1 Å². The SMILES string of the molecule is Cc1cc(NC(=O)COC2(C)CNC2)ccc1O. The summed E-state index contributed by atoms with van der Waals surface area (Å²) >= 11 is 0. The average Bonchev–Trinajstić information content (AvgIpc) is 2.29. The minimum absolute atomic E-state index is 0.0398. The van der Waals surface area contributed by atoms with E-state index in [4.69, 9.17) is 4.74 Å². The van der Waals surface area contributed by atoms with Crippen LogP contribution in [-0.2, 0) is 9.53 Å². The van der Waals surface area contributed by atoms with Gasteiger partial charge >= 0.3 is 0 Å². The second-order valence-corrected chi connectivity index (χ2v) is 4.89. The number of aromatic hydroxyl groups is 1. The highest BCUT2D eigenvalue weighted by Gasteiger charge is 2.32. The lowest BCUT2D eigenvalue weighted by Gasteiger charge is -2.38. The molecule has 1 aromatic rings. The van der Waals surface area contributed by atoms with E-state index in [2.05, 4.69) is 10.6 Å². The molecule has 2 rings (SSSR count). The predicted molar refractivity (Wildman–Crippen MR) is 68.7 cm³/mol. The first-order valence-corrected chi connectivity index (χ1v) is 5.93. The smallest absolute Gasteiger partial charge is 0.250 e. The molecule has 0 aliphatic carbocycles. The zero-order valence-electron chi connectivity index (χ0n) is 10.6. The van der Waals surface area contributed by atoms with Gasteiger partial charge in [-0.15, -0.1) is 0 Å². The summed E-state index contributed by atoms with van der Waals surface area (Å²) in [5.41, 5.74) is 1.17. The number of carbonyl (C=O) groups excluding carboxylic acids is 1.